The van der Waals surface area contributed by atoms with Crippen molar-refractivity contribution in [2.24, 2.45) is 0 Å². The van der Waals surface area contributed by atoms with Gasteiger partial charge in [0.15, 0.2) is 0 Å². The molecular formula is C13H18N2O2. The third-order valence-corrected chi connectivity index (χ3v) is 2.18. The molecule has 4 heteroatoms. The van der Waals surface area contributed by atoms with E-state index in [1.54, 1.807) is 18.2 Å². The maximum atomic E-state index is 9.57. The third-order valence-electron chi connectivity index (χ3n) is 2.18. The average molecular weight is 234 g/mol. The lowest BCUT2D eigenvalue weighted by Crippen LogP contribution is -2.35. The van der Waals surface area contributed by atoms with Gasteiger partial charge in [-0.2, -0.15) is 5.26 Å². The van der Waals surface area contributed by atoms with Crippen LogP contribution in [-0.2, 0) is 0 Å². The molecule has 0 heterocycles. The van der Waals surface area contributed by atoms with Crippen molar-refractivity contribution in [1.29, 1.82) is 5.26 Å². The van der Waals surface area contributed by atoms with E-state index in [-0.39, 0.29) is 6.04 Å². The van der Waals surface area contributed by atoms with Crippen molar-refractivity contribution >= 4 is 0 Å². The summed E-state index contributed by atoms with van der Waals surface area (Å²) in [6.45, 7) is 4.31. The monoisotopic (exact) mass is 234 g/mol. The molecule has 1 atom stereocenters. The topological polar surface area (TPSA) is 65.3 Å². The van der Waals surface area contributed by atoms with Gasteiger partial charge < -0.3 is 9.84 Å². The van der Waals surface area contributed by atoms with Crippen LogP contribution in [0.15, 0.2) is 24.3 Å². The van der Waals surface area contributed by atoms with E-state index >= 15 is 0 Å². The molecule has 0 radical (unpaired) electrons. The van der Waals surface area contributed by atoms with Crippen molar-refractivity contribution in [2.45, 2.75) is 32.5 Å². The second kappa shape index (κ2) is 6.89. The van der Waals surface area contributed by atoms with Gasteiger partial charge >= 0.3 is 0 Å². The van der Waals surface area contributed by atoms with E-state index in [1.807, 2.05) is 19.9 Å². The summed E-state index contributed by atoms with van der Waals surface area (Å²) in [5.41, 5.74) is 0.513. The lowest BCUT2D eigenvalue weighted by atomic mass is 10.2. The Morgan fingerprint density at radius 2 is 2.12 bits per heavy atom. The molecule has 0 aliphatic carbocycles. The maximum absolute atomic E-state index is 9.57. The minimum absolute atomic E-state index is 0.233. The fraction of sp³-hybridized carbons (Fsp3) is 0.462. The number of nitrogens with zero attached hydrogens (tertiary/aromatic N) is 1. The van der Waals surface area contributed by atoms with Gasteiger partial charge in [0.1, 0.15) is 18.0 Å². The van der Waals surface area contributed by atoms with Gasteiger partial charge in [-0.3, -0.25) is 5.32 Å². The van der Waals surface area contributed by atoms with Crippen LogP contribution < -0.4 is 10.1 Å². The number of para-hydroxylation sites is 1. The second-order valence-electron chi connectivity index (χ2n) is 4.08. The highest BCUT2D eigenvalue weighted by Crippen LogP contribution is 2.16. The van der Waals surface area contributed by atoms with E-state index in [9.17, 15) is 5.11 Å². The molecule has 1 unspecified atom stereocenters. The van der Waals surface area contributed by atoms with Crippen molar-refractivity contribution < 1.29 is 9.84 Å². The summed E-state index contributed by atoms with van der Waals surface area (Å²) in [5.74, 6) is 0.562. The SMILES string of the molecule is CC(C)NC(O)CCOc1ccccc1C#N. The molecule has 17 heavy (non-hydrogen) atoms. The fourth-order valence-corrected chi connectivity index (χ4v) is 1.43. The van der Waals surface area contributed by atoms with Crippen molar-refractivity contribution in [3.05, 3.63) is 29.8 Å². The van der Waals surface area contributed by atoms with Crippen molar-refractivity contribution in [1.82, 2.24) is 5.32 Å². The van der Waals surface area contributed by atoms with Crippen LogP contribution in [0, 0.1) is 11.3 Å². The Labute approximate surface area is 102 Å². The van der Waals surface area contributed by atoms with Crippen molar-refractivity contribution in [3.63, 3.8) is 0 Å². The number of benzene rings is 1. The number of ether oxygens (including phenoxy) is 1. The first-order valence-electron chi connectivity index (χ1n) is 5.69. The minimum atomic E-state index is -0.579. The Balaban J connectivity index is 2.38. The minimum Gasteiger partial charge on any atom is -0.492 e. The number of aliphatic hydroxyl groups is 1. The van der Waals surface area contributed by atoms with Gasteiger partial charge in [0.25, 0.3) is 0 Å². The molecule has 92 valence electrons. The molecule has 1 rings (SSSR count). The lowest BCUT2D eigenvalue weighted by Gasteiger charge is -2.16. The summed E-state index contributed by atoms with van der Waals surface area (Å²) in [7, 11) is 0. The standard InChI is InChI=1S/C13H18N2O2/c1-10(2)15-13(16)7-8-17-12-6-4-3-5-11(12)9-14/h3-6,10,13,15-16H,7-8H2,1-2H3. The molecule has 0 fully saturated rings. The number of aliphatic hydroxyl groups excluding tert-OH is 1. The smallest absolute Gasteiger partial charge is 0.137 e. The first kappa shape index (κ1) is 13.5. The maximum Gasteiger partial charge on any atom is 0.137 e. The molecule has 0 amide bonds. The van der Waals surface area contributed by atoms with Crippen LogP contribution in [0.2, 0.25) is 0 Å². The average Bonchev–Trinajstić information content (AvgIpc) is 2.28. The molecule has 0 aliphatic heterocycles. The van der Waals surface area contributed by atoms with Gasteiger partial charge in [-0.25, -0.2) is 0 Å². The third kappa shape index (κ3) is 4.85. The molecule has 4 nitrogen and oxygen atoms in total. The first-order valence-corrected chi connectivity index (χ1v) is 5.69. The molecular weight excluding hydrogens is 216 g/mol. The van der Waals surface area contributed by atoms with E-state index in [4.69, 9.17) is 10.00 Å². The van der Waals surface area contributed by atoms with Crippen LogP contribution in [0.1, 0.15) is 25.8 Å². The van der Waals surface area contributed by atoms with Gasteiger partial charge in [0.2, 0.25) is 0 Å². The Kier molecular flexibility index (Phi) is 5.47. The Morgan fingerprint density at radius 1 is 1.41 bits per heavy atom. The molecule has 0 spiro atoms. The summed E-state index contributed by atoms with van der Waals surface area (Å²) < 4.78 is 5.46. The van der Waals surface area contributed by atoms with Gasteiger partial charge in [-0.05, 0) is 26.0 Å². The number of hydrogen-bond acceptors (Lipinski definition) is 4. The van der Waals surface area contributed by atoms with Gasteiger partial charge in [-0.15, -0.1) is 0 Å². The van der Waals surface area contributed by atoms with Crippen molar-refractivity contribution in [2.75, 3.05) is 6.61 Å². The van der Waals surface area contributed by atoms with E-state index < -0.39 is 6.23 Å². The number of hydrogen-bond donors (Lipinski definition) is 2. The molecule has 2 N–H and O–H groups in total. The lowest BCUT2D eigenvalue weighted by molar-refractivity contribution is 0.0995. The van der Waals surface area contributed by atoms with E-state index in [0.29, 0.717) is 24.3 Å². The zero-order valence-electron chi connectivity index (χ0n) is 10.2. The van der Waals surface area contributed by atoms with Crippen LogP contribution in [0.25, 0.3) is 0 Å². The van der Waals surface area contributed by atoms with Crippen LogP contribution in [0.4, 0.5) is 0 Å². The largest absolute Gasteiger partial charge is 0.492 e. The molecule has 0 aromatic heterocycles. The summed E-state index contributed by atoms with van der Waals surface area (Å²) in [6, 6.07) is 9.36. The summed E-state index contributed by atoms with van der Waals surface area (Å²) in [5, 5.41) is 21.4. The second-order valence-corrected chi connectivity index (χ2v) is 4.08. The van der Waals surface area contributed by atoms with Gasteiger partial charge in [0, 0.05) is 12.5 Å². The zero-order valence-corrected chi connectivity index (χ0v) is 10.2. The number of nitriles is 1. The molecule has 0 saturated heterocycles. The van der Waals surface area contributed by atoms with Gasteiger partial charge in [-0.1, -0.05) is 12.1 Å². The summed E-state index contributed by atoms with van der Waals surface area (Å²) in [4.78, 5) is 0. The Morgan fingerprint density at radius 3 is 2.76 bits per heavy atom. The van der Waals surface area contributed by atoms with Crippen LogP contribution in [-0.4, -0.2) is 24.0 Å². The molecule has 1 aromatic carbocycles. The molecule has 0 bridgehead atoms. The van der Waals surface area contributed by atoms with Crippen LogP contribution in [0.3, 0.4) is 0 Å². The first-order chi connectivity index (χ1) is 8.13. The Hall–Kier alpha value is -1.57. The fourth-order valence-electron chi connectivity index (χ4n) is 1.43. The number of nitrogens with one attached hydrogen (secondary N) is 1. The normalized spacial score (nSPS) is 12.2. The van der Waals surface area contributed by atoms with Crippen LogP contribution >= 0.6 is 0 Å². The van der Waals surface area contributed by atoms with Gasteiger partial charge in [0.05, 0.1) is 12.2 Å². The summed E-state index contributed by atoms with van der Waals surface area (Å²) in [6.07, 6.45) is -0.0953. The van der Waals surface area contributed by atoms with E-state index in [2.05, 4.69) is 11.4 Å². The predicted molar refractivity (Wildman–Crippen MR) is 65.5 cm³/mol. The molecule has 0 aliphatic rings. The zero-order chi connectivity index (χ0) is 12.7. The summed E-state index contributed by atoms with van der Waals surface area (Å²) >= 11 is 0. The van der Waals surface area contributed by atoms with E-state index in [0.717, 1.165) is 0 Å². The van der Waals surface area contributed by atoms with Crippen molar-refractivity contribution in [3.8, 4) is 11.8 Å². The highest BCUT2D eigenvalue weighted by Gasteiger charge is 2.06. The Bertz CT molecular complexity index is 385. The molecule has 0 saturated carbocycles. The molecule has 1 aromatic rings. The van der Waals surface area contributed by atoms with E-state index in [1.165, 1.54) is 0 Å². The highest BCUT2D eigenvalue weighted by atomic mass is 16.5. The number of rotatable bonds is 6. The quantitative estimate of drug-likeness (QED) is 0.734. The van der Waals surface area contributed by atoms with Crippen LogP contribution in [0.5, 0.6) is 5.75 Å². The predicted octanol–water partition coefficient (Wildman–Crippen LogP) is 1.64. The highest BCUT2D eigenvalue weighted by molar-refractivity contribution is 5.42.